The van der Waals surface area contributed by atoms with Crippen LogP contribution in [0.25, 0.3) is 5.69 Å². The van der Waals surface area contributed by atoms with Crippen molar-refractivity contribution in [2.45, 2.75) is 32.5 Å². The van der Waals surface area contributed by atoms with E-state index in [-0.39, 0.29) is 6.42 Å². The van der Waals surface area contributed by atoms with E-state index in [1.807, 2.05) is 0 Å². The van der Waals surface area contributed by atoms with Gasteiger partial charge in [0.1, 0.15) is 0 Å². The first-order valence-electron chi connectivity index (χ1n) is 6.95. The summed E-state index contributed by atoms with van der Waals surface area (Å²) in [5.41, 5.74) is 7.45. The highest BCUT2D eigenvalue weighted by Crippen LogP contribution is 2.32. The molecule has 1 atom stereocenters. The van der Waals surface area contributed by atoms with Gasteiger partial charge in [-0.3, -0.25) is 4.79 Å². The number of carboxylic acids is 1. The molecule has 124 valence electrons. The van der Waals surface area contributed by atoms with Gasteiger partial charge in [-0.2, -0.15) is 13.2 Å². The van der Waals surface area contributed by atoms with E-state index in [4.69, 9.17) is 10.8 Å². The largest absolute Gasteiger partial charge is 0.481 e. The number of hydrogen-bond donors (Lipinski definition) is 2. The van der Waals surface area contributed by atoms with Gasteiger partial charge in [-0.05, 0) is 43.7 Å². The molecule has 1 aromatic carbocycles. The summed E-state index contributed by atoms with van der Waals surface area (Å²) >= 11 is 0. The van der Waals surface area contributed by atoms with Crippen LogP contribution < -0.4 is 5.73 Å². The van der Waals surface area contributed by atoms with Gasteiger partial charge in [-0.1, -0.05) is 6.07 Å². The number of aryl methyl sites for hydroxylation is 1. The van der Waals surface area contributed by atoms with Gasteiger partial charge in [0, 0.05) is 23.1 Å². The SMILES string of the molecule is Cc1cc(C(N)CC(=O)O)c(C)n1-c1cccc(C(F)(F)F)c1. The minimum absolute atomic E-state index is 0.243. The van der Waals surface area contributed by atoms with Crippen molar-refractivity contribution in [1.29, 1.82) is 0 Å². The maximum absolute atomic E-state index is 12.9. The second-order valence-corrected chi connectivity index (χ2v) is 5.41. The lowest BCUT2D eigenvalue weighted by molar-refractivity contribution is -0.138. The number of nitrogens with two attached hydrogens (primary N) is 1. The van der Waals surface area contributed by atoms with Crippen LogP contribution >= 0.6 is 0 Å². The van der Waals surface area contributed by atoms with Crippen molar-refractivity contribution in [1.82, 2.24) is 4.57 Å². The Hall–Kier alpha value is -2.28. The molecule has 3 N–H and O–H groups in total. The number of halogens is 3. The van der Waals surface area contributed by atoms with Gasteiger partial charge in [0.15, 0.2) is 0 Å². The van der Waals surface area contributed by atoms with E-state index in [9.17, 15) is 18.0 Å². The van der Waals surface area contributed by atoms with E-state index >= 15 is 0 Å². The van der Waals surface area contributed by atoms with Gasteiger partial charge in [0.05, 0.1) is 12.0 Å². The van der Waals surface area contributed by atoms with Crippen molar-refractivity contribution in [3.8, 4) is 5.69 Å². The second-order valence-electron chi connectivity index (χ2n) is 5.41. The molecule has 0 saturated heterocycles. The van der Waals surface area contributed by atoms with Crippen molar-refractivity contribution in [3.05, 3.63) is 52.8 Å². The number of aromatic nitrogens is 1. The van der Waals surface area contributed by atoms with Crippen molar-refractivity contribution in [2.24, 2.45) is 5.73 Å². The molecule has 1 aromatic heterocycles. The van der Waals surface area contributed by atoms with E-state index < -0.39 is 23.8 Å². The third kappa shape index (κ3) is 3.56. The summed E-state index contributed by atoms with van der Waals surface area (Å²) in [5, 5.41) is 8.84. The van der Waals surface area contributed by atoms with Crippen molar-refractivity contribution in [3.63, 3.8) is 0 Å². The predicted octanol–water partition coefficient (Wildman–Crippen LogP) is 3.59. The maximum atomic E-state index is 12.9. The van der Waals surface area contributed by atoms with Crippen LogP contribution in [0.1, 0.15) is 35.0 Å². The average Bonchev–Trinajstić information content (AvgIpc) is 2.72. The smallest absolute Gasteiger partial charge is 0.416 e. The molecule has 0 bridgehead atoms. The molecule has 1 unspecified atom stereocenters. The van der Waals surface area contributed by atoms with E-state index in [2.05, 4.69) is 0 Å². The number of carboxylic acid groups (broad SMARTS) is 1. The standard InChI is InChI=1S/C16H17F3N2O2/c1-9-6-13(14(20)8-15(22)23)10(2)21(9)12-5-3-4-11(7-12)16(17,18)19/h3-7,14H,8,20H2,1-2H3,(H,22,23). The fraction of sp³-hybridized carbons (Fsp3) is 0.312. The highest BCUT2D eigenvalue weighted by Gasteiger charge is 2.30. The first-order chi connectivity index (χ1) is 10.6. The lowest BCUT2D eigenvalue weighted by atomic mass is 10.1. The van der Waals surface area contributed by atoms with Gasteiger partial charge >= 0.3 is 12.1 Å². The van der Waals surface area contributed by atoms with Crippen LogP contribution in [0.15, 0.2) is 30.3 Å². The third-order valence-corrected chi connectivity index (χ3v) is 3.70. The van der Waals surface area contributed by atoms with Crippen LogP contribution in [0.2, 0.25) is 0 Å². The molecular weight excluding hydrogens is 309 g/mol. The number of rotatable bonds is 4. The highest BCUT2D eigenvalue weighted by molar-refractivity contribution is 5.68. The molecule has 23 heavy (non-hydrogen) atoms. The quantitative estimate of drug-likeness (QED) is 0.902. The summed E-state index contributed by atoms with van der Waals surface area (Å²) in [6, 6.07) is 5.98. The summed E-state index contributed by atoms with van der Waals surface area (Å²) in [6.07, 6.45) is -4.67. The minimum atomic E-state index is -4.42. The Kier molecular flexibility index (Phi) is 4.51. The van der Waals surface area contributed by atoms with Crippen LogP contribution in [0.4, 0.5) is 13.2 Å². The Morgan fingerprint density at radius 3 is 2.52 bits per heavy atom. The zero-order valence-corrected chi connectivity index (χ0v) is 12.7. The molecule has 0 amide bonds. The molecule has 2 aromatic rings. The summed E-state index contributed by atoms with van der Waals surface area (Å²) in [6.45, 7) is 3.45. The highest BCUT2D eigenvalue weighted by atomic mass is 19.4. The van der Waals surface area contributed by atoms with Gasteiger partial charge in [0.2, 0.25) is 0 Å². The molecular formula is C16H17F3N2O2. The fourth-order valence-electron chi connectivity index (χ4n) is 2.68. The van der Waals surface area contributed by atoms with E-state index in [1.54, 1.807) is 30.5 Å². The van der Waals surface area contributed by atoms with Crippen LogP contribution in [0.5, 0.6) is 0 Å². The summed E-state index contributed by atoms with van der Waals surface area (Å²) in [5.74, 6) is -1.03. The van der Waals surface area contributed by atoms with Crippen molar-refractivity contribution < 1.29 is 23.1 Å². The Morgan fingerprint density at radius 1 is 1.30 bits per heavy atom. The molecule has 0 aliphatic rings. The van der Waals surface area contributed by atoms with Gasteiger partial charge < -0.3 is 15.4 Å². The van der Waals surface area contributed by atoms with Crippen LogP contribution in [-0.2, 0) is 11.0 Å². The molecule has 7 heteroatoms. The molecule has 2 rings (SSSR count). The van der Waals surface area contributed by atoms with Crippen molar-refractivity contribution in [2.75, 3.05) is 0 Å². The van der Waals surface area contributed by atoms with Gasteiger partial charge in [0.25, 0.3) is 0 Å². The monoisotopic (exact) mass is 326 g/mol. The summed E-state index contributed by atoms with van der Waals surface area (Å²) in [7, 11) is 0. The molecule has 0 aliphatic heterocycles. The number of nitrogens with zero attached hydrogens (tertiary/aromatic N) is 1. The third-order valence-electron chi connectivity index (χ3n) is 3.70. The molecule has 0 radical (unpaired) electrons. The molecule has 0 spiro atoms. The molecule has 4 nitrogen and oxygen atoms in total. The molecule has 0 aliphatic carbocycles. The summed E-state index contributed by atoms with van der Waals surface area (Å²) in [4.78, 5) is 10.8. The fourth-order valence-corrected chi connectivity index (χ4v) is 2.68. The topological polar surface area (TPSA) is 68.2 Å². The van der Waals surface area contributed by atoms with Gasteiger partial charge in [-0.25, -0.2) is 0 Å². The average molecular weight is 326 g/mol. The summed E-state index contributed by atoms with van der Waals surface area (Å²) < 4.78 is 40.2. The zero-order chi connectivity index (χ0) is 17.4. The van der Waals surface area contributed by atoms with Crippen LogP contribution in [0.3, 0.4) is 0 Å². The second kappa shape index (κ2) is 6.08. The van der Waals surface area contributed by atoms with E-state index in [1.165, 1.54) is 6.07 Å². The van der Waals surface area contributed by atoms with Crippen LogP contribution in [0, 0.1) is 13.8 Å². The first-order valence-corrected chi connectivity index (χ1v) is 6.95. The Balaban J connectivity index is 2.49. The molecule has 0 saturated carbocycles. The number of benzene rings is 1. The number of aliphatic carboxylic acids is 1. The van der Waals surface area contributed by atoms with Gasteiger partial charge in [-0.15, -0.1) is 0 Å². The Labute approximate surface area is 131 Å². The lowest BCUT2D eigenvalue weighted by Crippen LogP contribution is -2.15. The number of alkyl halides is 3. The first kappa shape index (κ1) is 17.1. The Bertz CT molecular complexity index is 735. The zero-order valence-electron chi connectivity index (χ0n) is 12.7. The van der Waals surface area contributed by atoms with E-state index in [0.717, 1.165) is 12.1 Å². The minimum Gasteiger partial charge on any atom is -0.481 e. The molecule has 0 fully saturated rings. The number of hydrogen-bond acceptors (Lipinski definition) is 2. The maximum Gasteiger partial charge on any atom is 0.416 e. The number of carbonyl (C=O) groups is 1. The predicted molar refractivity (Wildman–Crippen MR) is 79.4 cm³/mol. The van der Waals surface area contributed by atoms with Crippen LogP contribution in [-0.4, -0.2) is 15.6 Å². The lowest BCUT2D eigenvalue weighted by Gasteiger charge is -2.14. The van der Waals surface area contributed by atoms with Crippen molar-refractivity contribution >= 4 is 5.97 Å². The molecule has 1 heterocycles. The van der Waals surface area contributed by atoms with E-state index in [0.29, 0.717) is 22.6 Å². The Morgan fingerprint density at radius 2 is 1.96 bits per heavy atom. The normalized spacial score (nSPS) is 13.1.